The Balaban J connectivity index is 1.26. The number of para-hydroxylation sites is 2. The van der Waals surface area contributed by atoms with Gasteiger partial charge in [-0.3, -0.25) is 4.98 Å². The van der Waals surface area contributed by atoms with E-state index in [0.717, 1.165) is 72.0 Å². The Hall–Kier alpha value is -6.92. The Kier molecular flexibility index (Phi) is 6.39. The van der Waals surface area contributed by atoms with Gasteiger partial charge < -0.3 is 8.98 Å². The highest BCUT2D eigenvalue weighted by Gasteiger charge is 2.21. The van der Waals surface area contributed by atoms with Gasteiger partial charge in [-0.05, 0) is 54.6 Å². The maximum Gasteiger partial charge on any atom is 0.164 e. The number of nitrogens with zero attached hydrogens (tertiary/aromatic N) is 5. The third-order valence-electron chi connectivity index (χ3n) is 9.30. The van der Waals surface area contributed by atoms with Crippen LogP contribution in [0.2, 0.25) is 0 Å². The van der Waals surface area contributed by atoms with Crippen molar-refractivity contribution >= 4 is 43.7 Å². The Morgan fingerprint density at radius 3 is 1.72 bits per heavy atom. The van der Waals surface area contributed by atoms with E-state index in [1.165, 1.54) is 5.39 Å². The SMILES string of the molecule is c1ccc(-c2nc(-c3ccccc3)nc(-c3cc4oc5cc6c7ccccc7n(-c7ccccc7)c6cc5c4cc3-c3ccccn3)n2)cc1. The molecule has 6 aromatic carbocycles. The fourth-order valence-electron chi connectivity index (χ4n) is 6.99. The fourth-order valence-corrected chi connectivity index (χ4v) is 6.99. The van der Waals surface area contributed by atoms with E-state index in [-0.39, 0.29) is 0 Å². The van der Waals surface area contributed by atoms with Crippen molar-refractivity contribution in [1.82, 2.24) is 24.5 Å². The Labute approximate surface area is 287 Å². The van der Waals surface area contributed by atoms with Gasteiger partial charge in [0, 0.05) is 55.7 Å². The molecule has 0 N–H and O–H groups in total. The zero-order valence-electron chi connectivity index (χ0n) is 26.7. The lowest BCUT2D eigenvalue weighted by Gasteiger charge is -2.12. The number of benzene rings is 6. The maximum atomic E-state index is 6.71. The van der Waals surface area contributed by atoms with Gasteiger partial charge in [0.2, 0.25) is 0 Å². The highest BCUT2D eigenvalue weighted by Crippen LogP contribution is 2.42. The molecule has 6 heteroatoms. The molecule has 6 nitrogen and oxygen atoms in total. The van der Waals surface area contributed by atoms with E-state index in [9.17, 15) is 0 Å². The van der Waals surface area contributed by atoms with Gasteiger partial charge in [0.15, 0.2) is 17.5 Å². The second-order valence-electron chi connectivity index (χ2n) is 12.3. The monoisotopic (exact) mass is 641 g/mol. The van der Waals surface area contributed by atoms with Crippen LogP contribution in [0.15, 0.2) is 168 Å². The number of fused-ring (bicyclic) bond motifs is 6. The number of pyridine rings is 1. The largest absolute Gasteiger partial charge is 0.456 e. The van der Waals surface area contributed by atoms with E-state index in [0.29, 0.717) is 17.5 Å². The lowest BCUT2D eigenvalue weighted by molar-refractivity contribution is 0.669. The van der Waals surface area contributed by atoms with E-state index in [1.54, 1.807) is 0 Å². The lowest BCUT2D eigenvalue weighted by atomic mass is 9.99. The number of hydrogen-bond acceptors (Lipinski definition) is 5. The van der Waals surface area contributed by atoms with Crippen molar-refractivity contribution in [3.05, 3.63) is 164 Å². The van der Waals surface area contributed by atoms with Crippen LogP contribution in [0.25, 0.3) is 94.9 Å². The number of hydrogen-bond donors (Lipinski definition) is 0. The van der Waals surface area contributed by atoms with Gasteiger partial charge in [0.1, 0.15) is 11.2 Å². The van der Waals surface area contributed by atoms with Crippen molar-refractivity contribution in [2.24, 2.45) is 0 Å². The van der Waals surface area contributed by atoms with Crippen molar-refractivity contribution in [2.45, 2.75) is 0 Å². The first-order chi connectivity index (χ1) is 24.8. The van der Waals surface area contributed by atoms with Gasteiger partial charge in [-0.15, -0.1) is 0 Å². The van der Waals surface area contributed by atoms with Crippen LogP contribution in [0.5, 0.6) is 0 Å². The van der Waals surface area contributed by atoms with Crippen LogP contribution < -0.4 is 0 Å². The summed E-state index contributed by atoms with van der Waals surface area (Å²) in [4.78, 5) is 19.8. The molecule has 10 aromatic rings. The fraction of sp³-hybridized carbons (Fsp3) is 0. The normalized spacial score (nSPS) is 11.6. The van der Waals surface area contributed by atoms with Crippen LogP contribution >= 0.6 is 0 Å². The van der Waals surface area contributed by atoms with Crippen LogP contribution in [0.3, 0.4) is 0 Å². The third-order valence-corrected chi connectivity index (χ3v) is 9.30. The number of aromatic nitrogens is 5. The molecule has 50 heavy (non-hydrogen) atoms. The van der Waals surface area contributed by atoms with Gasteiger partial charge in [-0.2, -0.15) is 0 Å². The Bertz CT molecular complexity index is 2790. The van der Waals surface area contributed by atoms with Crippen LogP contribution in [0.1, 0.15) is 0 Å². The van der Waals surface area contributed by atoms with Gasteiger partial charge in [-0.25, -0.2) is 15.0 Å². The molecule has 0 amide bonds. The van der Waals surface area contributed by atoms with E-state index >= 15 is 0 Å². The summed E-state index contributed by atoms with van der Waals surface area (Å²) in [6.45, 7) is 0. The van der Waals surface area contributed by atoms with E-state index in [4.69, 9.17) is 24.4 Å². The summed E-state index contributed by atoms with van der Waals surface area (Å²) in [5.74, 6) is 1.75. The second kappa shape index (κ2) is 11.4. The minimum absolute atomic E-state index is 0.549. The van der Waals surface area contributed by atoms with Crippen LogP contribution in [0, 0.1) is 0 Å². The van der Waals surface area contributed by atoms with Crippen molar-refractivity contribution < 1.29 is 4.42 Å². The molecular formula is C44H27N5O. The molecule has 0 atom stereocenters. The quantitative estimate of drug-likeness (QED) is 0.187. The molecule has 0 unspecified atom stereocenters. The van der Waals surface area contributed by atoms with Gasteiger partial charge in [0.05, 0.1) is 16.7 Å². The van der Waals surface area contributed by atoms with Crippen molar-refractivity contribution in [3.8, 4) is 51.1 Å². The summed E-state index contributed by atoms with van der Waals surface area (Å²) in [5.41, 5.74) is 9.32. The summed E-state index contributed by atoms with van der Waals surface area (Å²) in [7, 11) is 0. The minimum Gasteiger partial charge on any atom is -0.456 e. The smallest absolute Gasteiger partial charge is 0.164 e. The van der Waals surface area contributed by atoms with E-state index in [1.807, 2.05) is 91.1 Å². The van der Waals surface area contributed by atoms with Crippen LogP contribution in [-0.4, -0.2) is 24.5 Å². The molecule has 0 bridgehead atoms. The first kappa shape index (κ1) is 28.1. The lowest BCUT2D eigenvalue weighted by Crippen LogP contribution is -2.01. The second-order valence-corrected chi connectivity index (χ2v) is 12.3. The standard InChI is InChI=1S/C44H27N5O/c1-4-14-28(15-5-1)42-46-43(29-16-6-2-7-17-29)48-44(47-42)36-27-41-34(24-32(36)37-21-12-13-23-45-37)35-25-39-33(26-40(35)50-41)31-20-10-11-22-38(31)49(39)30-18-8-3-9-19-30/h1-27H. The molecule has 0 fully saturated rings. The topological polar surface area (TPSA) is 69.6 Å². The molecular weight excluding hydrogens is 615 g/mol. The van der Waals surface area contributed by atoms with Crippen LogP contribution in [-0.2, 0) is 0 Å². The molecule has 0 aliphatic carbocycles. The summed E-state index contributed by atoms with van der Waals surface area (Å²) in [5, 5.41) is 4.34. The molecule has 4 heterocycles. The summed E-state index contributed by atoms with van der Waals surface area (Å²) in [6.07, 6.45) is 1.82. The van der Waals surface area contributed by atoms with Gasteiger partial charge >= 0.3 is 0 Å². The zero-order valence-corrected chi connectivity index (χ0v) is 26.7. The molecule has 0 radical (unpaired) electrons. The zero-order chi connectivity index (χ0) is 33.0. The summed E-state index contributed by atoms with van der Waals surface area (Å²) >= 11 is 0. The summed E-state index contributed by atoms with van der Waals surface area (Å²) in [6, 6.07) is 53.7. The highest BCUT2D eigenvalue weighted by molar-refractivity contribution is 6.18. The minimum atomic E-state index is 0.549. The first-order valence-electron chi connectivity index (χ1n) is 16.6. The molecule has 0 saturated heterocycles. The Morgan fingerprint density at radius 2 is 1.02 bits per heavy atom. The number of rotatable bonds is 5. The van der Waals surface area contributed by atoms with Gasteiger partial charge in [-0.1, -0.05) is 103 Å². The molecule has 0 spiro atoms. The predicted octanol–water partition coefficient (Wildman–Crippen LogP) is 10.9. The van der Waals surface area contributed by atoms with Crippen molar-refractivity contribution in [2.75, 3.05) is 0 Å². The van der Waals surface area contributed by atoms with Crippen molar-refractivity contribution in [3.63, 3.8) is 0 Å². The molecule has 0 aliphatic rings. The van der Waals surface area contributed by atoms with Crippen molar-refractivity contribution in [1.29, 1.82) is 0 Å². The van der Waals surface area contributed by atoms with Gasteiger partial charge in [0.25, 0.3) is 0 Å². The molecule has 234 valence electrons. The molecule has 0 aliphatic heterocycles. The molecule has 4 aromatic heterocycles. The highest BCUT2D eigenvalue weighted by atomic mass is 16.3. The number of furan rings is 1. The average Bonchev–Trinajstić information content (AvgIpc) is 3.71. The third kappa shape index (κ3) is 4.58. The maximum absolute atomic E-state index is 6.71. The van der Waals surface area contributed by atoms with Crippen LogP contribution in [0.4, 0.5) is 0 Å². The summed E-state index contributed by atoms with van der Waals surface area (Å²) < 4.78 is 9.04. The van der Waals surface area contributed by atoms with E-state index < -0.39 is 0 Å². The average molecular weight is 642 g/mol. The molecule has 0 saturated carbocycles. The van der Waals surface area contributed by atoms with E-state index in [2.05, 4.69) is 77.4 Å². The molecule has 10 rings (SSSR count). The predicted molar refractivity (Wildman–Crippen MR) is 201 cm³/mol. The first-order valence-corrected chi connectivity index (χ1v) is 16.6. The Morgan fingerprint density at radius 1 is 0.420 bits per heavy atom.